The third kappa shape index (κ3) is 3.37. The molecule has 2 aromatic carbocycles. The molecule has 3 aromatic heterocycles. The van der Waals surface area contributed by atoms with Crippen LogP contribution < -0.4 is 10.1 Å². The number of carbonyl (C=O) groups excluding carboxylic acids is 1. The summed E-state index contributed by atoms with van der Waals surface area (Å²) < 4.78 is 7.10. The highest BCUT2D eigenvalue weighted by Gasteiger charge is 2.47. The third-order valence-corrected chi connectivity index (χ3v) is 6.64. The van der Waals surface area contributed by atoms with Crippen LogP contribution in [0, 0.1) is 6.92 Å². The summed E-state index contributed by atoms with van der Waals surface area (Å²) in [5.41, 5.74) is 5.92. The summed E-state index contributed by atoms with van der Waals surface area (Å²) in [6.07, 6.45) is 7.05. The topological polar surface area (TPSA) is 81.4 Å². The maximum Gasteiger partial charge on any atom is 0.252 e. The van der Waals surface area contributed by atoms with Crippen LogP contribution in [0.5, 0.6) is 5.75 Å². The number of aryl methyl sites for hydroxylation is 1. The molecule has 7 nitrogen and oxygen atoms in total. The van der Waals surface area contributed by atoms with E-state index < -0.39 is 5.54 Å². The number of amides is 1. The molecule has 7 heteroatoms. The zero-order valence-corrected chi connectivity index (χ0v) is 18.9. The predicted octanol–water partition coefficient (Wildman–Crippen LogP) is 4.68. The van der Waals surface area contributed by atoms with E-state index in [1.165, 1.54) is 0 Å². The fourth-order valence-electron chi connectivity index (χ4n) is 4.58. The maximum absolute atomic E-state index is 13.4. The van der Waals surface area contributed by atoms with Crippen molar-refractivity contribution in [3.63, 3.8) is 0 Å². The van der Waals surface area contributed by atoms with E-state index >= 15 is 0 Å². The molecule has 1 fully saturated rings. The number of nitrogens with zero attached hydrogens (tertiary/aromatic N) is 4. The van der Waals surface area contributed by atoms with Crippen LogP contribution in [0.15, 0.2) is 73.3 Å². The van der Waals surface area contributed by atoms with Crippen LogP contribution in [0.4, 0.5) is 0 Å². The Hall–Kier alpha value is -4.26. The van der Waals surface area contributed by atoms with Gasteiger partial charge in [-0.25, -0.2) is 9.50 Å². The Morgan fingerprint density at radius 2 is 1.94 bits per heavy atom. The van der Waals surface area contributed by atoms with E-state index in [0.717, 1.165) is 51.6 Å². The first kappa shape index (κ1) is 20.4. The van der Waals surface area contributed by atoms with Crippen LogP contribution in [-0.4, -0.2) is 32.6 Å². The van der Waals surface area contributed by atoms with Crippen LogP contribution in [0.1, 0.15) is 34.3 Å². The van der Waals surface area contributed by atoms with Gasteiger partial charge in [-0.1, -0.05) is 12.1 Å². The van der Waals surface area contributed by atoms with Crippen LogP contribution in [0.25, 0.3) is 27.7 Å². The SMILES string of the molecule is COc1ccc(C)c(C(=O)NC2(c3cc(-c4ccc5ncnn5c4)cc4ncccc34)CC2)c1. The number of hydrogen-bond acceptors (Lipinski definition) is 5. The standard InChI is InChI=1S/C27H23N5O2/c1-17-5-7-20(34-2)14-22(17)26(33)31-27(9-10-27)23-12-19(13-24-21(23)4-3-11-28-24)18-6-8-25-29-16-30-32(25)15-18/h3-8,11-16H,9-10H2,1-2H3,(H,31,33). The van der Waals surface area contributed by atoms with E-state index in [1.807, 2.05) is 43.5 Å². The number of carbonyl (C=O) groups is 1. The molecule has 0 unspecified atom stereocenters. The minimum absolute atomic E-state index is 0.0969. The number of ether oxygens (including phenoxy) is 1. The molecule has 3 heterocycles. The summed E-state index contributed by atoms with van der Waals surface area (Å²) in [6.45, 7) is 1.94. The number of benzene rings is 2. The van der Waals surface area contributed by atoms with E-state index in [9.17, 15) is 4.79 Å². The summed E-state index contributed by atoms with van der Waals surface area (Å²) in [4.78, 5) is 22.2. The smallest absolute Gasteiger partial charge is 0.252 e. The Labute approximate surface area is 196 Å². The quantitative estimate of drug-likeness (QED) is 0.421. The minimum atomic E-state index is -0.429. The zero-order valence-electron chi connectivity index (χ0n) is 18.9. The van der Waals surface area contributed by atoms with Gasteiger partial charge in [-0.2, -0.15) is 5.10 Å². The van der Waals surface area contributed by atoms with E-state index in [2.05, 4.69) is 38.6 Å². The highest BCUT2D eigenvalue weighted by Crippen LogP contribution is 2.49. The average Bonchev–Trinajstić information content (AvgIpc) is 3.48. The van der Waals surface area contributed by atoms with Crippen molar-refractivity contribution in [1.82, 2.24) is 24.9 Å². The van der Waals surface area contributed by atoms with Crippen molar-refractivity contribution < 1.29 is 9.53 Å². The van der Waals surface area contributed by atoms with Gasteiger partial charge in [0.25, 0.3) is 5.91 Å². The number of fused-ring (bicyclic) bond motifs is 2. The summed E-state index contributed by atoms with van der Waals surface area (Å²) in [7, 11) is 1.61. The Balaban J connectivity index is 1.44. The van der Waals surface area contributed by atoms with Crippen molar-refractivity contribution >= 4 is 22.5 Å². The molecule has 0 atom stereocenters. The first-order chi connectivity index (χ1) is 16.6. The molecule has 1 aliphatic rings. The zero-order chi connectivity index (χ0) is 23.3. The first-order valence-electron chi connectivity index (χ1n) is 11.2. The molecule has 0 aliphatic heterocycles. The van der Waals surface area contributed by atoms with Gasteiger partial charge in [-0.15, -0.1) is 0 Å². The van der Waals surface area contributed by atoms with Crippen molar-refractivity contribution in [3.8, 4) is 16.9 Å². The number of aromatic nitrogens is 4. The van der Waals surface area contributed by atoms with Gasteiger partial charge < -0.3 is 10.1 Å². The molecule has 1 amide bonds. The second-order valence-electron chi connectivity index (χ2n) is 8.79. The van der Waals surface area contributed by atoms with Crippen molar-refractivity contribution in [1.29, 1.82) is 0 Å². The molecule has 5 aromatic rings. The van der Waals surface area contributed by atoms with Gasteiger partial charge in [0.15, 0.2) is 5.65 Å². The Morgan fingerprint density at radius 3 is 2.76 bits per heavy atom. The summed E-state index contributed by atoms with van der Waals surface area (Å²) in [5.74, 6) is 0.570. The Bertz CT molecular complexity index is 1570. The molecule has 1 N–H and O–H groups in total. The summed E-state index contributed by atoms with van der Waals surface area (Å²) >= 11 is 0. The van der Waals surface area contributed by atoms with Gasteiger partial charge in [0, 0.05) is 28.9 Å². The molecular weight excluding hydrogens is 426 g/mol. The number of hydrogen-bond donors (Lipinski definition) is 1. The molecule has 168 valence electrons. The van der Waals surface area contributed by atoms with Crippen molar-refractivity contribution in [3.05, 3.63) is 90.0 Å². The van der Waals surface area contributed by atoms with E-state index in [4.69, 9.17) is 4.74 Å². The van der Waals surface area contributed by atoms with E-state index in [0.29, 0.717) is 11.3 Å². The number of rotatable bonds is 5. The minimum Gasteiger partial charge on any atom is -0.497 e. The molecule has 0 spiro atoms. The Kier molecular flexibility index (Phi) is 4.58. The number of pyridine rings is 2. The van der Waals surface area contributed by atoms with Crippen LogP contribution in [0.2, 0.25) is 0 Å². The van der Waals surface area contributed by atoms with Crippen molar-refractivity contribution in [2.45, 2.75) is 25.3 Å². The molecule has 0 saturated heterocycles. The second kappa shape index (κ2) is 7.66. The molecule has 1 saturated carbocycles. The lowest BCUT2D eigenvalue weighted by atomic mass is 9.93. The molecule has 34 heavy (non-hydrogen) atoms. The van der Waals surface area contributed by atoms with Gasteiger partial charge in [0.05, 0.1) is 18.2 Å². The normalized spacial score (nSPS) is 14.3. The summed E-state index contributed by atoms with van der Waals surface area (Å²) in [6, 6.07) is 17.8. The third-order valence-electron chi connectivity index (χ3n) is 6.64. The highest BCUT2D eigenvalue weighted by atomic mass is 16.5. The van der Waals surface area contributed by atoms with Crippen LogP contribution in [-0.2, 0) is 5.54 Å². The lowest BCUT2D eigenvalue weighted by molar-refractivity contribution is 0.0930. The van der Waals surface area contributed by atoms with Gasteiger partial charge in [0.2, 0.25) is 0 Å². The number of methoxy groups -OCH3 is 1. The van der Waals surface area contributed by atoms with Gasteiger partial charge in [-0.3, -0.25) is 9.78 Å². The fourth-order valence-corrected chi connectivity index (χ4v) is 4.58. The molecular formula is C27H23N5O2. The maximum atomic E-state index is 13.4. The van der Waals surface area contributed by atoms with Crippen LogP contribution in [0.3, 0.4) is 0 Å². The summed E-state index contributed by atoms with van der Waals surface area (Å²) in [5, 5.41) is 8.66. The van der Waals surface area contributed by atoms with Crippen molar-refractivity contribution in [2.24, 2.45) is 0 Å². The van der Waals surface area contributed by atoms with E-state index in [1.54, 1.807) is 30.2 Å². The predicted molar refractivity (Wildman–Crippen MR) is 130 cm³/mol. The largest absolute Gasteiger partial charge is 0.497 e. The monoisotopic (exact) mass is 449 g/mol. The first-order valence-corrected chi connectivity index (χ1v) is 11.2. The molecule has 1 aliphatic carbocycles. The fraction of sp³-hybridized carbons (Fsp3) is 0.185. The highest BCUT2D eigenvalue weighted by molar-refractivity contribution is 5.98. The number of nitrogens with one attached hydrogen (secondary N) is 1. The average molecular weight is 450 g/mol. The molecule has 0 radical (unpaired) electrons. The second-order valence-corrected chi connectivity index (χ2v) is 8.79. The Morgan fingerprint density at radius 1 is 1.06 bits per heavy atom. The molecule has 0 bridgehead atoms. The molecule has 6 rings (SSSR count). The lowest BCUT2D eigenvalue weighted by Gasteiger charge is -2.22. The van der Waals surface area contributed by atoms with Crippen molar-refractivity contribution in [2.75, 3.05) is 7.11 Å². The van der Waals surface area contributed by atoms with Gasteiger partial charge in [-0.05, 0) is 78.9 Å². The van der Waals surface area contributed by atoms with Crippen LogP contribution >= 0.6 is 0 Å². The van der Waals surface area contributed by atoms with E-state index in [-0.39, 0.29) is 5.91 Å². The van der Waals surface area contributed by atoms with Gasteiger partial charge in [0.1, 0.15) is 12.1 Å². The van der Waals surface area contributed by atoms with Gasteiger partial charge >= 0.3 is 0 Å². The lowest BCUT2D eigenvalue weighted by Crippen LogP contribution is -2.35.